The number of hydrogen-bond donors (Lipinski definition) is 1. The number of halogens is 1. The lowest BCUT2D eigenvalue weighted by molar-refractivity contribution is -0.384. The minimum Gasteiger partial charge on any atom is -0.495 e. The van der Waals surface area contributed by atoms with Gasteiger partial charge in [0, 0.05) is 12.1 Å². The molecule has 1 aromatic rings. The molecule has 1 unspecified atom stereocenters. The van der Waals surface area contributed by atoms with E-state index in [9.17, 15) is 20.0 Å². The van der Waals surface area contributed by atoms with E-state index in [-0.39, 0.29) is 30.2 Å². The Labute approximate surface area is 117 Å². The number of amides is 1. The highest BCUT2D eigenvalue weighted by Crippen LogP contribution is 2.39. The molecule has 1 aliphatic rings. The predicted octanol–water partition coefficient (Wildman–Crippen LogP) is 1.46. The molecule has 0 aromatic heterocycles. The molecule has 2 rings (SSSR count). The SMILES string of the molecule is COc1cc(N2CC(O)CC2=O)c([N+](=O)[O-])cc1Br. The standard InChI is InChI=1S/C11H11BrN2O5/c1-19-10-4-8(9(14(17)18)3-7(10)12)13-5-6(15)2-11(13)16/h3-4,6,15H,2,5H2,1H3. The van der Waals surface area contributed by atoms with Gasteiger partial charge in [-0.3, -0.25) is 14.9 Å². The summed E-state index contributed by atoms with van der Waals surface area (Å²) < 4.78 is 5.50. The van der Waals surface area contributed by atoms with E-state index in [2.05, 4.69) is 15.9 Å². The number of nitro groups is 1. The molecular weight excluding hydrogens is 320 g/mol. The molecule has 0 saturated carbocycles. The van der Waals surface area contributed by atoms with E-state index in [0.29, 0.717) is 10.2 Å². The topological polar surface area (TPSA) is 92.9 Å². The number of ether oxygens (including phenoxy) is 1. The number of nitrogens with zero attached hydrogens (tertiary/aromatic N) is 2. The number of carbonyl (C=O) groups excluding carboxylic acids is 1. The van der Waals surface area contributed by atoms with Crippen LogP contribution in [0, 0.1) is 10.1 Å². The molecule has 1 atom stereocenters. The Balaban J connectivity index is 2.54. The van der Waals surface area contributed by atoms with Crippen LogP contribution in [0.2, 0.25) is 0 Å². The van der Waals surface area contributed by atoms with Gasteiger partial charge in [0.2, 0.25) is 5.91 Å². The zero-order chi connectivity index (χ0) is 14.2. The first-order chi connectivity index (χ1) is 8.93. The summed E-state index contributed by atoms with van der Waals surface area (Å²) in [5, 5.41) is 20.5. The van der Waals surface area contributed by atoms with Crippen molar-refractivity contribution < 1.29 is 19.6 Å². The lowest BCUT2D eigenvalue weighted by Gasteiger charge is -2.17. The zero-order valence-corrected chi connectivity index (χ0v) is 11.6. The van der Waals surface area contributed by atoms with Crippen LogP contribution in [-0.2, 0) is 4.79 Å². The first kappa shape index (κ1) is 13.8. The molecule has 0 aliphatic carbocycles. The molecule has 0 bridgehead atoms. The summed E-state index contributed by atoms with van der Waals surface area (Å²) in [5.74, 6) is 0.0368. The average molecular weight is 331 g/mol. The van der Waals surface area contributed by atoms with E-state index in [0.717, 1.165) is 0 Å². The number of hydrogen-bond acceptors (Lipinski definition) is 5. The van der Waals surface area contributed by atoms with Crippen molar-refractivity contribution in [3.8, 4) is 5.75 Å². The molecule has 1 fully saturated rings. The van der Waals surface area contributed by atoms with Gasteiger partial charge < -0.3 is 14.7 Å². The molecule has 19 heavy (non-hydrogen) atoms. The lowest BCUT2D eigenvalue weighted by atomic mass is 10.2. The van der Waals surface area contributed by atoms with Gasteiger partial charge in [0.1, 0.15) is 11.4 Å². The highest BCUT2D eigenvalue weighted by atomic mass is 79.9. The van der Waals surface area contributed by atoms with Gasteiger partial charge in [-0.2, -0.15) is 0 Å². The third kappa shape index (κ3) is 2.54. The molecule has 102 valence electrons. The number of rotatable bonds is 3. The van der Waals surface area contributed by atoms with Gasteiger partial charge in [0.25, 0.3) is 5.69 Å². The van der Waals surface area contributed by atoms with Gasteiger partial charge >= 0.3 is 0 Å². The highest BCUT2D eigenvalue weighted by Gasteiger charge is 2.34. The minimum atomic E-state index is -0.804. The first-order valence-corrected chi connectivity index (χ1v) is 6.23. The lowest BCUT2D eigenvalue weighted by Crippen LogP contribution is -2.26. The van der Waals surface area contributed by atoms with E-state index in [4.69, 9.17) is 4.74 Å². The summed E-state index contributed by atoms with van der Waals surface area (Å²) in [6.07, 6.45) is -0.836. The normalized spacial score (nSPS) is 18.8. The Morgan fingerprint density at radius 1 is 1.58 bits per heavy atom. The number of methoxy groups -OCH3 is 1. The van der Waals surface area contributed by atoms with Gasteiger partial charge in [-0.15, -0.1) is 0 Å². The summed E-state index contributed by atoms with van der Waals surface area (Å²) in [4.78, 5) is 23.4. The monoisotopic (exact) mass is 330 g/mol. The van der Waals surface area contributed by atoms with Gasteiger partial charge in [0.15, 0.2) is 0 Å². The highest BCUT2D eigenvalue weighted by molar-refractivity contribution is 9.10. The number of carbonyl (C=O) groups is 1. The maximum atomic E-state index is 11.7. The van der Waals surface area contributed by atoms with Crippen molar-refractivity contribution in [3.05, 3.63) is 26.7 Å². The molecule has 0 spiro atoms. The van der Waals surface area contributed by atoms with Crippen LogP contribution in [-0.4, -0.2) is 35.7 Å². The summed E-state index contributed by atoms with van der Waals surface area (Å²) >= 11 is 3.16. The summed E-state index contributed by atoms with van der Waals surface area (Å²) in [7, 11) is 1.43. The summed E-state index contributed by atoms with van der Waals surface area (Å²) in [6, 6.07) is 2.70. The van der Waals surface area contributed by atoms with Crippen molar-refractivity contribution in [2.45, 2.75) is 12.5 Å². The van der Waals surface area contributed by atoms with Crippen LogP contribution in [0.15, 0.2) is 16.6 Å². The van der Waals surface area contributed by atoms with Gasteiger partial charge in [-0.1, -0.05) is 0 Å². The molecule has 1 aliphatic heterocycles. The molecule has 1 heterocycles. The fraction of sp³-hybridized carbons (Fsp3) is 0.364. The Bertz CT molecular complexity index is 548. The largest absolute Gasteiger partial charge is 0.495 e. The third-order valence-corrected chi connectivity index (χ3v) is 3.46. The van der Waals surface area contributed by atoms with E-state index in [1.54, 1.807) is 0 Å². The third-order valence-electron chi connectivity index (χ3n) is 2.84. The molecular formula is C11H11BrN2O5. The fourth-order valence-corrected chi connectivity index (χ4v) is 2.47. The Kier molecular flexibility index (Phi) is 3.72. The smallest absolute Gasteiger partial charge is 0.294 e. The van der Waals surface area contributed by atoms with Crippen LogP contribution in [0.1, 0.15) is 6.42 Å². The number of nitro benzene ring substituents is 1. The van der Waals surface area contributed by atoms with Crippen LogP contribution < -0.4 is 9.64 Å². The molecule has 1 amide bonds. The number of aliphatic hydroxyl groups is 1. The van der Waals surface area contributed by atoms with Crippen molar-refractivity contribution in [1.82, 2.24) is 0 Å². The van der Waals surface area contributed by atoms with Gasteiger partial charge in [-0.05, 0) is 15.9 Å². The zero-order valence-electron chi connectivity index (χ0n) is 10.00. The van der Waals surface area contributed by atoms with Crippen LogP contribution in [0.4, 0.5) is 11.4 Å². The average Bonchev–Trinajstić information content (AvgIpc) is 2.68. The van der Waals surface area contributed by atoms with Crippen molar-refractivity contribution >= 4 is 33.2 Å². The van der Waals surface area contributed by atoms with Crippen LogP contribution in [0.5, 0.6) is 5.75 Å². The molecule has 1 aromatic carbocycles. The predicted molar refractivity (Wildman–Crippen MR) is 70.3 cm³/mol. The van der Waals surface area contributed by atoms with Crippen molar-refractivity contribution in [2.75, 3.05) is 18.6 Å². The second-order valence-corrected chi connectivity index (χ2v) is 4.95. The van der Waals surface area contributed by atoms with Crippen molar-refractivity contribution in [3.63, 3.8) is 0 Å². The van der Waals surface area contributed by atoms with Crippen molar-refractivity contribution in [1.29, 1.82) is 0 Å². The number of β-amino-alcohol motifs (C(OH)–C–C–N with tert-alkyl or cyclic N) is 1. The quantitative estimate of drug-likeness (QED) is 0.669. The van der Waals surface area contributed by atoms with Crippen LogP contribution >= 0.6 is 15.9 Å². The fourth-order valence-electron chi connectivity index (χ4n) is 1.97. The van der Waals surface area contributed by atoms with Gasteiger partial charge in [0.05, 0.1) is 35.6 Å². The van der Waals surface area contributed by atoms with E-state index < -0.39 is 11.0 Å². The number of aliphatic hydroxyl groups excluding tert-OH is 1. The molecule has 7 nitrogen and oxygen atoms in total. The van der Waals surface area contributed by atoms with E-state index >= 15 is 0 Å². The van der Waals surface area contributed by atoms with Crippen LogP contribution in [0.3, 0.4) is 0 Å². The minimum absolute atomic E-state index is 0.0322. The molecule has 1 N–H and O–H groups in total. The molecule has 1 saturated heterocycles. The maximum Gasteiger partial charge on any atom is 0.294 e. The Hall–Kier alpha value is -1.67. The van der Waals surface area contributed by atoms with Crippen molar-refractivity contribution in [2.24, 2.45) is 0 Å². The van der Waals surface area contributed by atoms with E-state index in [1.807, 2.05) is 0 Å². The Morgan fingerprint density at radius 3 is 2.74 bits per heavy atom. The summed E-state index contributed by atoms with van der Waals surface area (Å²) in [6.45, 7) is 0.0461. The summed E-state index contributed by atoms with van der Waals surface area (Å²) in [5.41, 5.74) is -0.0817. The second kappa shape index (κ2) is 5.14. The van der Waals surface area contributed by atoms with Gasteiger partial charge in [-0.25, -0.2) is 0 Å². The molecule has 8 heteroatoms. The van der Waals surface area contributed by atoms with Crippen LogP contribution in [0.25, 0.3) is 0 Å². The first-order valence-electron chi connectivity index (χ1n) is 5.44. The molecule has 0 radical (unpaired) electrons. The van der Waals surface area contributed by atoms with E-state index in [1.165, 1.54) is 24.1 Å². The number of benzene rings is 1. The number of anilines is 1. The maximum absolute atomic E-state index is 11.7. The Morgan fingerprint density at radius 2 is 2.26 bits per heavy atom. The second-order valence-electron chi connectivity index (χ2n) is 4.09.